The Morgan fingerprint density at radius 3 is 2.13 bits per heavy atom. The van der Waals surface area contributed by atoms with E-state index in [1.807, 2.05) is 0 Å². The Labute approximate surface area is 96.0 Å². The summed E-state index contributed by atoms with van der Waals surface area (Å²) < 4.78 is 0. The van der Waals surface area contributed by atoms with Crippen molar-refractivity contribution >= 4 is 0 Å². The average Bonchev–Trinajstić information content (AvgIpc) is 2.67. The topological polar surface area (TPSA) is 12.0 Å². The van der Waals surface area contributed by atoms with Gasteiger partial charge in [0.2, 0.25) is 0 Å². The van der Waals surface area contributed by atoms with Crippen molar-refractivity contribution in [2.24, 2.45) is 11.8 Å². The van der Waals surface area contributed by atoms with Crippen LogP contribution >= 0.6 is 0 Å². The molecule has 0 heterocycles. The molecule has 1 heteroatoms. The van der Waals surface area contributed by atoms with E-state index in [0.717, 1.165) is 17.9 Å². The maximum Gasteiger partial charge on any atom is 0.00694 e. The fourth-order valence-electron chi connectivity index (χ4n) is 2.71. The molecule has 1 saturated carbocycles. The Hall–Kier alpha value is -0.0400. The van der Waals surface area contributed by atoms with E-state index >= 15 is 0 Å². The highest BCUT2D eigenvalue weighted by atomic mass is 14.9. The SMILES string of the molecule is CC(C)CCC(C)NC(C)C1CCCC1. The second-order valence-corrected chi connectivity index (χ2v) is 5.87. The normalized spacial score (nSPS) is 22.2. The van der Waals surface area contributed by atoms with Crippen LogP contribution in [-0.4, -0.2) is 12.1 Å². The summed E-state index contributed by atoms with van der Waals surface area (Å²) in [4.78, 5) is 0. The summed E-state index contributed by atoms with van der Waals surface area (Å²) in [5.41, 5.74) is 0. The van der Waals surface area contributed by atoms with Crippen molar-refractivity contribution in [3.8, 4) is 0 Å². The average molecular weight is 211 g/mol. The van der Waals surface area contributed by atoms with Crippen molar-refractivity contribution in [1.82, 2.24) is 5.32 Å². The van der Waals surface area contributed by atoms with Crippen molar-refractivity contribution in [3.05, 3.63) is 0 Å². The maximum atomic E-state index is 3.78. The molecule has 0 radical (unpaired) electrons. The van der Waals surface area contributed by atoms with Crippen LogP contribution in [-0.2, 0) is 0 Å². The van der Waals surface area contributed by atoms with Crippen LogP contribution in [0.1, 0.15) is 66.2 Å². The molecule has 1 N–H and O–H groups in total. The van der Waals surface area contributed by atoms with Gasteiger partial charge in [-0.3, -0.25) is 0 Å². The molecule has 2 atom stereocenters. The van der Waals surface area contributed by atoms with Crippen LogP contribution in [0, 0.1) is 11.8 Å². The van der Waals surface area contributed by atoms with E-state index in [2.05, 4.69) is 33.0 Å². The van der Waals surface area contributed by atoms with Crippen molar-refractivity contribution in [2.45, 2.75) is 78.3 Å². The Kier molecular flexibility index (Phi) is 5.66. The fraction of sp³-hybridized carbons (Fsp3) is 1.00. The largest absolute Gasteiger partial charge is 0.312 e. The number of hydrogen-bond acceptors (Lipinski definition) is 1. The van der Waals surface area contributed by atoms with Crippen molar-refractivity contribution in [2.75, 3.05) is 0 Å². The first-order valence-electron chi connectivity index (χ1n) is 6.85. The third-order valence-corrected chi connectivity index (χ3v) is 3.83. The summed E-state index contributed by atoms with van der Waals surface area (Å²) in [7, 11) is 0. The minimum absolute atomic E-state index is 0.697. The Balaban J connectivity index is 2.15. The standard InChI is InChI=1S/C14H29N/c1-11(2)9-10-12(3)15-13(4)14-7-5-6-8-14/h11-15H,5-10H2,1-4H3. The van der Waals surface area contributed by atoms with Gasteiger partial charge < -0.3 is 5.32 Å². The summed E-state index contributed by atoms with van der Waals surface area (Å²) in [6.07, 6.45) is 8.49. The van der Waals surface area contributed by atoms with Gasteiger partial charge in [0.05, 0.1) is 0 Å². The molecule has 1 aliphatic carbocycles. The first-order valence-corrected chi connectivity index (χ1v) is 6.85. The number of nitrogens with one attached hydrogen (secondary N) is 1. The van der Waals surface area contributed by atoms with Crippen LogP contribution in [0.3, 0.4) is 0 Å². The molecule has 1 aliphatic rings. The molecule has 0 amide bonds. The van der Waals surface area contributed by atoms with E-state index in [0.29, 0.717) is 6.04 Å². The smallest absolute Gasteiger partial charge is 0.00694 e. The van der Waals surface area contributed by atoms with Gasteiger partial charge in [-0.25, -0.2) is 0 Å². The van der Waals surface area contributed by atoms with Gasteiger partial charge in [-0.15, -0.1) is 0 Å². The third-order valence-electron chi connectivity index (χ3n) is 3.83. The van der Waals surface area contributed by atoms with Gasteiger partial charge in [-0.1, -0.05) is 26.7 Å². The van der Waals surface area contributed by atoms with Gasteiger partial charge in [0.1, 0.15) is 0 Å². The summed E-state index contributed by atoms with van der Waals surface area (Å²) in [5.74, 6) is 1.79. The molecule has 15 heavy (non-hydrogen) atoms. The fourth-order valence-corrected chi connectivity index (χ4v) is 2.71. The zero-order valence-electron chi connectivity index (χ0n) is 11.1. The molecular formula is C14H29N. The Bertz CT molecular complexity index is 159. The zero-order valence-corrected chi connectivity index (χ0v) is 11.1. The Morgan fingerprint density at radius 1 is 1.00 bits per heavy atom. The highest BCUT2D eigenvalue weighted by Crippen LogP contribution is 2.27. The van der Waals surface area contributed by atoms with Gasteiger partial charge in [0, 0.05) is 12.1 Å². The molecule has 90 valence electrons. The van der Waals surface area contributed by atoms with Gasteiger partial charge >= 0.3 is 0 Å². The molecule has 2 unspecified atom stereocenters. The summed E-state index contributed by atoms with van der Waals surface area (Å²) >= 11 is 0. The van der Waals surface area contributed by atoms with Crippen molar-refractivity contribution in [3.63, 3.8) is 0 Å². The van der Waals surface area contributed by atoms with Crippen LogP contribution < -0.4 is 5.32 Å². The van der Waals surface area contributed by atoms with Crippen LogP contribution in [0.25, 0.3) is 0 Å². The van der Waals surface area contributed by atoms with E-state index in [-0.39, 0.29) is 0 Å². The third kappa shape index (κ3) is 5.01. The zero-order chi connectivity index (χ0) is 11.3. The molecule has 0 bridgehead atoms. The lowest BCUT2D eigenvalue weighted by Gasteiger charge is -2.25. The molecule has 1 rings (SSSR count). The van der Waals surface area contributed by atoms with E-state index in [4.69, 9.17) is 0 Å². The highest BCUT2D eigenvalue weighted by molar-refractivity contribution is 4.79. The molecule has 0 saturated heterocycles. The van der Waals surface area contributed by atoms with Crippen LogP contribution in [0.4, 0.5) is 0 Å². The molecule has 0 aromatic rings. The maximum absolute atomic E-state index is 3.78. The predicted octanol–water partition coefficient (Wildman–Crippen LogP) is 3.98. The lowest BCUT2D eigenvalue weighted by molar-refractivity contribution is 0.331. The summed E-state index contributed by atoms with van der Waals surface area (Å²) in [6, 6.07) is 1.43. The highest BCUT2D eigenvalue weighted by Gasteiger charge is 2.22. The van der Waals surface area contributed by atoms with Gasteiger partial charge in [-0.2, -0.15) is 0 Å². The van der Waals surface area contributed by atoms with E-state index in [9.17, 15) is 0 Å². The van der Waals surface area contributed by atoms with E-state index in [1.165, 1.54) is 38.5 Å². The monoisotopic (exact) mass is 211 g/mol. The second-order valence-electron chi connectivity index (χ2n) is 5.87. The Morgan fingerprint density at radius 2 is 1.60 bits per heavy atom. The summed E-state index contributed by atoms with van der Waals surface area (Å²) in [6.45, 7) is 9.34. The second kappa shape index (κ2) is 6.52. The van der Waals surface area contributed by atoms with Crippen LogP contribution in [0.15, 0.2) is 0 Å². The van der Waals surface area contributed by atoms with Gasteiger partial charge in [0.15, 0.2) is 0 Å². The minimum Gasteiger partial charge on any atom is -0.312 e. The molecule has 0 spiro atoms. The number of rotatable bonds is 6. The lowest BCUT2D eigenvalue weighted by atomic mass is 9.97. The van der Waals surface area contributed by atoms with Gasteiger partial charge in [0.25, 0.3) is 0 Å². The first kappa shape index (κ1) is 13.0. The van der Waals surface area contributed by atoms with Crippen LogP contribution in [0.2, 0.25) is 0 Å². The molecular weight excluding hydrogens is 182 g/mol. The molecule has 0 aromatic heterocycles. The molecule has 0 aliphatic heterocycles. The minimum atomic E-state index is 0.697. The first-order chi connectivity index (χ1) is 7.09. The summed E-state index contributed by atoms with van der Waals surface area (Å²) in [5, 5.41) is 3.78. The predicted molar refractivity (Wildman–Crippen MR) is 68.1 cm³/mol. The van der Waals surface area contributed by atoms with Gasteiger partial charge in [-0.05, 0) is 51.4 Å². The van der Waals surface area contributed by atoms with Crippen LogP contribution in [0.5, 0.6) is 0 Å². The van der Waals surface area contributed by atoms with Crippen molar-refractivity contribution in [1.29, 1.82) is 0 Å². The number of hydrogen-bond donors (Lipinski definition) is 1. The molecule has 1 fully saturated rings. The van der Waals surface area contributed by atoms with Crippen molar-refractivity contribution < 1.29 is 0 Å². The quantitative estimate of drug-likeness (QED) is 0.701. The van der Waals surface area contributed by atoms with E-state index in [1.54, 1.807) is 0 Å². The van der Waals surface area contributed by atoms with E-state index < -0.39 is 0 Å². The lowest BCUT2D eigenvalue weighted by Crippen LogP contribution is -2.38. The molecule has 0 aromatic carbocycles. The molecule has 1 nitrogen and oxygen atoms in total.